The number of nitrogens with zero attached hydrogens (tertiary/aromatic N) is 3. The lowest BCUT2D eigenvalue weighted by Gasteiger charge is -2.12. The van der Waals surface area contributed by atoms with Gasteiger partial charge in [-0.05, 0) is 47.9 Å². The molecule has 7 nitrogen and oxygen atoms in total. The SMILES string of the molecule is Nc1nc(Cl)cc(Oc2ccc3c(C(=O)Nc4ccc(F)c(C(F)(F)F)c4)nccc3c2)n1. The number of carbonyl (C=O) groups excluding carboxylic acids is 1. The van der Waals surface area contributed by atoms with Gasteiger partial charge in [0.1, 0.15) is 22.4 Å². The number of amides is 1. The van der Waals surface area contributed by atoms with Gasteiger partial charge in [0.2, 0.25) is 11.8 Å². The van der Waals surface area contributed by atoms with Gasteiger partial charge in [0.25, 0.3) is 5.91 Å². The van der Waals surface area contributed by atoms with E-state index in [1.165, 1.54) is 18.3 Å². The van der Waals surface area contributed by atoms with Gasteiger partial charge in [0.15, 0.2) is 0 Å². The monoisotopic (exact) mass is 477 g/mol. The molecule has 0 fully saturated rings. The summed E-state index contributed by atoms with van der Waals surface area (Å²) in [5.41, 5.74) is 3.77. The third-order valence-electron chi connectivity index (χ3n) is 4.39. The van der Waals surface area contributed by atoms with Gasteiger partial charge < -0.3 is 15.8 Å². The summed E-state index contributed by atoms with van der Waals surface area (Å²) in [5.74, 6) is -1.83. The van der Waals surface area contributed by atoms with Crippen molar-refractivity contribution in [3.63, 3.8) is 0 Å². The zero-order valence-electron chi connectivity index (χ0n) is 16.3. The molecule has 2 aromatic carbocycles. The van der Waals surface area contributed by atoms with Crippen molar-refractivity contribution in [1.29, 1.82) is 0 Å². The number of alkyl halides is 3. The lowest BCUT2D eigenvalue weighted by atomic mass is 10.1. The van der Waals surface area contributed by atoms with Gasteiger partial charge in [-0.15, -0.1) is 0 Å². The Labute approximate surface area is 188 Å². The first-order valence-electron chi connectivity index (χ1n) is 9.15. The van der Waals surface area contributed by atoms with Crippen molar-refractivity contribution >= 4 is 39.9 Å². The number of halogens is 5. The van der Waals surface area contributed by atoms with E-state index in [1.807, 2.05) is 0 Å². The van der Waals surface area contributed by atoms with E-state index in [2.05, 4.69) is 20.3 Å². The predicted octanol–water partition coefficient (Wildman–Crippen LogP) is 5.46. The molecule has 0 aliphatic heterocycles. The van der Waals surface area contributed by atoms with Gasteiger partial charge in [-0.25, -0.2) is 9.37 Å². The van der Waals surface area contributed by atoms with Crippen LogP contribution >= 0.6 is 11.6 Å². The minimum Gasteiger partial charge on any atom is -0.439 e. The second-order valence-electron chi connectivity index (χ2n) is 6.68. The van der Waals surface area contributed by atoms with Gasteiger partial charge in [0.05, 0.1) is 5.56 Å². The highest BCUT2D eigenvalue weighted by Gasteiger charge is 2.34. The third-order valence-corrected chi connectivity index (χ3v) is 4.59. The summed E-state index contributed by atoms with van der Waals surface area (Å²) in [4.78, 5) is 24.4. The van der Waals surface area contributed by atoms with Gasteiger partial charge in [0, 0.05) is 23.3 Å². The lowest BCUT2D eigenvalue weighted by molar-refractivity contribution is -0.139. The van der Waals surface area contributed by atoms with E-state index in [4.69, 9.17) is 22.1 Å². The number of rotatable bonds is 4. The number of aromatic nitrogens is 3. The number of nitrogens with one attached hydrogen (secondary N) is 1. The van der Waals surface area contributed by atoms with Crippen LogP contribution in [-0.4, -0.2) is 20.9 Å². The summed E-state index contributed by atoms with van der Waals surface area (Å²) in [6, 6.07) is 9.83. The molecule has 4 rings (SSSR count). The molecule has 168 valence electrons. The molecule has 0 aliphatic rings. The van der Waals surface area contributed by atoms with Gasteiger partial charge in [-0.1, -0.05) is 11.6 Å². The second kappa shape index (κ2) is 8.51. The number of fused-ring (bicyclic) bond motifs is 1. The van der Waals surface area contributed by atoms with E-state index >= 15 is 0 Å². The maximum Gasteiger partial charge on any atom is 0.419 e. The smallest absolute Gasteiger partial charge is 0.419 e. The van der Waals surface area contributed by atoms with Crippen LogP contribution in [-0.2, 0) is 6.18 Å². The zero-order valence-corrected chi connectivity index (χ0v) is 17.1. The Morgan fingerprint density at radius 1 is 1.06 bits per heavy atom. The molecular formula is C21H12ClF4N5O2. The molecular weight excluding hydrogens is 466 g/mol. The minimum absolute atomic E-state index is 0.0498. The molecule has 0 atom stereocenters. The standard InChI is InChI=1S/C21H12ClF4N5O2/c22-16-9-17(31-20(27)30-16)33-12-2-3-13-10(7-12)5-6-28-18(13)19(32)29-11-1-4-15(23)14(8-11)21(24,25)26/h1-9H,(H,29,32)(H2,27,30,31). The predicted molar refractivity (Wildman–Crippen MR) is 113 cm³/mol. The fourth-order valence-electron chi connectivity index (χ4n) is 3.00. The Morgan fingerprint density at radius 2 is 1.85 bits per heavy atom. The van der Waals surface area contributed by atoms with Crippen LogP contribution in [0.1, 0.15) is 16.1 Å². The largest absolute Gasteiger partial charge is 0.439 e. The van der Waals surface area contributed by atoms with E-state index in [0.717, 1.165) is 6.07 Å². The highest BCUT2D eigenvalue weighted by Crippen LogP contribution is 2.33. The summed E-state index contributed by atoms with van der Waals surface area (Å²) < 4.78 is 57.9. The maximum absolute atomic E-state index is 13.5. The van der Waals surface area contributed by atoms with Gasteiger partial charge in [-0.3, -0.25) is 9.78 Å². The minimum atomic E-state index is -4.91. The number of ether oxygens (including phenoxy) is 1. The molecule has 12 heteroatoms. The fourth-order valence-corrected chi connectivity index (χ4v) is 3.18. The van der Waals surface area contributed by atoms with Crippen LogP contribution in [0, 0.1) is 5.82 Å². The molecule has 0 unspecified atom stereocenters. The quantitative estimate of drug-likeness (QED) is 0.299. The van der Waals surface area contributed by atoms with Crippen LogP contribution in [0.5, 0.6) is 11.6 Å². The maximum atomic E-state index is 13.5. The third kappa shape index (κ3) is 4.93. The summed E-state index contributed by atoms with van der Waals surface area (Å²) in [6.45, 7) is 0. The number of pyridine rings is 1. The average molecular weight is 478 g/mol. The molecule has 0 radical (unpaired) electrons. The first-order chi connectivity index (χ1) is 15.6. The first kappa shape index (κ1) is 22.2. The molecule has 0 aliphatic carbocycles. The van der Waals surface area contributed by atoms with E-state index in [0.29, 0.717) is 28.7 Å². The molecule has 2 aromatic heterocycles. The van der Waals surface area contributed by atoms with Crippen LogP contribution < -0.4 is 15.8 Å². The molecule has 33 heavy (non-hydrogen) atoms. The molecule has 0 saturated heterocycles. The molecule has 0 saturated carbocycles. The van der Waals surface area contributed by atoms with Gasteiger partial charge in [-0.2, -0.15) is 18.2 Å². The summed E-state index contributed by atoms with van der Waals surface area (Å²) in [7, 11) is 0. The number of anilines is 2. The zero-order chi connectivity index (χ0) is 23.8. The Bertz CT molecular complexity index is 1360. The van der Waals surface area contributed by atoms with Crippen LogP contribution in [0.25, 0.3) is 10.8 Å². The van der Waals surface area contributed by atoms with Crippen molar-refractivity contribution < 1.29 is 27.1 Å². The highest BCUT2D eigenvalue weighted by molar-refractivity contribution is 6.29. The number of hydrogen-bond donors (Lipinski definition) is 2. The van der Waals surface area contributed by atoms with Crippen molar-refractivity contribution in [2.24, 2.45) is 0 Å². The molecule has 1 amide bonds. The summed E-state index contributed by atoms with van der Waals surface area (Å²) in [5, 5.41) is 3.36. The topological polar surface area (TPSA) is 103 Å². The lowest BCUT2D eigenvalue weighted by Crippen LogP contribution is -2.15. The van der Waals surface area contributed by atoms with Crippen molar-refractivity contribution in [3.8, 4) is 11.6 Å². The Balaban J connectivity index is 1.61. The first-order valence-corrected chi connectivity index (χ1v) is 9.53. The van der Waals surface area contributed by atoms with E-state index < -0.39 is 23.5 Å². The van der Waals surface area contributed by atoms with Crippen LogP contribution in [0.15, 0.2) is 54.7 Å². The van der Waals surface area contributed by atoms with Gasteiger partial charge >= 0.3 is 6.18 Å². The molecule has 3 N–H and O–H groups in total. The second-order valence-corrected chi connectivity index (χ2v) is 7.07. The fraction of sp³-hybridized carbons (Fsp3) is 0.0476. The Kier molecular flexibility index (Phi) is 5.73. The van der Waals surface area contributed by atoms with E-state index in [1.54, 1.807) is 18.2 Å². The van der Waals surface area contributed by atoms with Crippen molar-refractivity contribution in [2.45, 2.75) is 6.18 Å². The van der Waals surface area contributed by atoms with Crippen molar-refractivity contribution in [1.82, 2.24) is 15.0 Å². The number of benzene rings is 2. The Hall–Kier alpha value is -3.99. The summed E-state index contributed by atoms with van der Waals surface area (Å²) in [6.07, 6.45) is -3.55. The van der Waals surface area contributed by atoms with Crippen molar-refractivity contribution in [2.75, 3.05) is 11.1 Å². The van der Waals surface area contributed by atoms with Crippen LogP contribution in [0.3, 0.4) is 0 Å². The van der Waals surface area contributed by atoms with Crippen molar-refractivity contribution in [3.05, 3.63) is 77.0 Å². The number of hydrogen-bond acceptors (Lipinski definition) is 6. The van der Waals surface area contributed by atoms with E-state index in [9.17, 15) is 22.4 Å². The normalized spacial score (nSPS) is 11.4. The number of carbonyl (C=O) groups is 1. The molecule has 4 aromatic rings. The highest BCUT2D eigenvalue weighted by atomic mass is 35.5. The molecule has 0 bridgehead atoms. The average Bonchev–Trinajstić information content (AvgIpc) is 2.73. The molecule has 0 spiro atoms. The van der Waals surface area contributed by atoms with E-state index in [-0.39, 0.29) is 28.4 Å². The summed E-state index contributed by atoms with van der Waals surface area (Å²) >= 11 is 5.83. The van der Waals surface area contributed by atoms with Crippen LogP contribution in [0.4, 0.5) is 29.2 Å². The van der Waals surface area contributed by atoms with Crippen LogP contribution in [0.2, 0.25) is 5.15 Å². The Morgan fingerprint density at radius 3 is 2.58 bits per heavy atom. The molecule has 2 heterocycles. The number of nitrogens with two attached hydrogens (primary N) is 1. The number of nitrogen functional groups attached to an aromatic ring is 1.